The van der Waals surface area contributed by atoms with E-state index < -0.39 is 5.97 Å². The standard InChI is InChI=1S/C10H6N6O2S/c17-10(18)5-1-2-6(16-15-5)19-9-7-8(12-3-11-7)13-4-14-9/h1-4H,(H,17,18)(H,11,12,13,14). The van der Waals surface area contributed by atoms with Crippen molar-refractivity contribution >= 4 is 28.9 Å². The highest BCUT2D eigenvalue weighted by Crippen LogP contribution is 2.27. The van der Waals surface area contributed by atoms with Crippen LogP contribution in [0.4, 0.5) is 0 Å². The molecule has 3 aromatic rings. The number of rotatable bonds is 3. The molecule has 0 unspecified atom stereocenters. The van der Waals surface area contributed by atoms with Gasteiger partial charge in [-0.1, -0.05) is 0 Å². The highest BCUT2D eigenvalue weighted by Gasteiger charge is 2.10. The Morgan fingerprint density at radius 2 is 2.11 bits per heavy atom. The average molecular weight is 274 g/mol. The number of H-pyrrole nitrogens is 1. The third kappa shape index (κ3) is 2.22. The van der Waals surface area contributed by atoms with Gasteiger partial charge >= 0.3 is 5.97 Å². The number of hydrogen-bond acceptors (Lipinski definition) is 7. The number of aromatic carboxylic acids is 1. The number of carboxylic acids is 1. The van der Waals surface area contributed by atoms with Gasteiger partial charge in [0.2, 0.25) is 0 Å². The van der Waals surface area contributed by atoms with E-state index in [-0.39, 0.29) is 5.69 Å². The summed E-state index contributed by atoms with van der Waals surface area (Å²) in [5.74, 6) is -1.11. The summed E-state index contributed by atoms with van der Waals surface area (Å²) in [5.41, 5.74) is 1.17. The molecule has 0 spiro atoms. The fourth-order valence-corrected chi connectivity index (χ4v) is 2.18. The second-order valence-corrected chi connectivity index (χ2v) is 4.45. The second kappa shape index (κ2) is 4.61. The lowest BCUT2D eigenvalue weighted by atomic mass is 10.4. The average Bonchev–Trinajstić information content (AvgIpc) is 2.89. The zero-order valence-corrected chi connectivity index (χ0v) is 10.1. The van der Waals surface area contributed by atoms with Crippen molar-refractivity contribution in [1.82, 2.24) is 30.1 Å². The van der Waals surface area contributed by atoms with E-state index in [9.17, 15) is 4.79 Å². The van der Waals surface area contributed by atoms with Crippen molar-refractivity contribution in [3.05, 3.63) is 30.5 Å². The molecule has 0 bridgehead atoms. The van der Waals surface area contributed by atoms with Crippen molar-refractivity contribution in [2.45, 2.75) is 10.1 Å². The van der Waals surface area contributed by atoms with Crippen molar-refractivity contribution in [3.8, 4) is 0 Å². The third-order valence-electron chi connectivity index (χ3n) is 2.25. The van der Waals surface area contributed by atoms with Gasteiger partial charge in [0.25, 0.3) is 0 Å². The molecule has 0 fully saturated rings. The van der Waals surface area contributed by atoms with E-state index in [2.05, 4.69) is 30.1 Å². The number of imidazole rings is 1. The van der Waals surface area contributed by atoms with Crippen LogP contribution in [0.5, 0.6) is 0 Å². The first kappa shape index (κ1) is 11.5. The second-order valence-electron chi connectivity index (χ2n) is 3.44. The Hall–Kier alpha value is -2.55. The maximum absolute atomic E-state index is 10.7. The van der Waals surface area contributed by atoms with Crippen LogP contribution in [-0.4, -0.2) is 41.2 Å². The number of fused-ring (bicyclic) bond motifs is 1. The molecule has 0 saturated carbocycles. The van der Waals surface area contributed by atoms with Crippen LogP contribution in [0, 0.1) is 0 Å². The van der Waals surface area contributed by atoms with Crippen molar-refractivity contribution in [3.63, 3.8) is 0 Å². The van der Waals surface area contributed by atoms with Gasteiger partial charge in [-0.2, -0.15) is 0 Å². The van der Waals surface area contributed by atoms with Gasteiger partial charge in [-0.15, -0.1) is 10.2 Å². The topological polar surface area (TPSA) is 118 Å². The van der Waals surface area contributed by atoms with Crippen molar-refractivity contribution in [1.29, 1.82) is 0 Å². The fourth-order valence-electron chi connectivity index (χ4n) is 1.41. The molecular formula is C10H6N6O2S. The number of carboxylic acid groups (broad SMARTS) is 1. The van der Waals surface area contributed by atoms with Gasteiger partial charge in [0, 0.05) is 0 Å². The smallest absolute Gasteiger partial charge is 0.356 e. The van der Waals surface area contributed by atoms with E-state index in [1.807, 2.05) is 0 Å². The lowest BCUT2D eigenvalue weighted by Gasteiger charge is -2.00. The Morgan fingerprint density at radius 1 is 1.21 bits per heavy atom. The van der Waals surface area contributed by atoms with E-state index in [1.54, 1.807) is 6.07 Å². The number of hydrogen-bond donors (Lipinski definition) is 2. The molecule has 0 aromatic carbocycles. The van der Waals surface area contributed by atoms with Gasteiger partial charge < -0.3 is 10.1 Å². The van der Waals surface area contributed by atoms with E-state index in [0.29, 0.717) is 21.2 Å². The molecule has 3 rings (SSSR count). The van der Waals surface area contributed by atoms with Crippen LogP contribution < -0.4 is 0 Å². The minimum Gasteiger partial charge on any atom is -0.476 e. The van der Waals surface area contributed by atoms with Gasteiger partial charge in [0.1, 0.15) is 21.9 Å². The summed E-state index contributed by atoms with van der Waals surface area (Å²) in [6, 6.07) is 2.97. The molecule has 8 nitrogen and oxygen atoms in total. The first-order valence-electron chi connectivity index (χ1n) is 5.13. The van der Waals surface area contributed by atoms with Crippen molar-refractivity contribution < 1.29 is 9.90 Å². The summed E-state index contributed by atoms with van der Waals surface area (Å²) in [6.45, 7) is 0. The van der Waals surface area contributed by atoms with Gasteiger partial charge in [0.05, 0.1) is 6.33 Å². The molecular weight excluding hydrogens is 268 g/mol. The zero-order valence-electron chi connectivity index (χ0n) is 9.31. The largest absolute Gasteiger partial charge is 0.476 e. The normalized spacial score (nSPS) is 10.7. The van der Waals surface area contributed by atoms with E-state index >= 15 is 0 Å². The van der Waals surface area contributed by atoms with Crippen LogP contribution in [0.2, 0.25) is 0 Å². The Balaban J connectivity index is 1.92. The SMILES string of the molecule is O=C(O)c1ccc(Sc2ncnc3nc[nH]c23)nn1. The van der Waals surface area contributed by atoms with Crippen LogP contribution in [0.3, 0.4) is 0 Å². The summed E-state index contributed by atoms with van der Waals surface area (Å²) < 4.78 is 0. The predicted molar refractivity (Wildman–Crippen MR) is 64.8 cm³/mol. The number of aromatic nitrogens is 6. The van der Waals surface area contributed by atoms with Gasteiger partial charge in [-0.05, 0) is 23.9 Å². The minimum atomic E-state index is -1.11. The molecule has 2 N–H and O–H groups in total. The third-order valence-corrected chi connectivity index (χ3v) is 3.18. The van der Waals surface area contributed by atoms with E-state index in [4.69, 9.17) is 5.11 Å². The molecule has 19 heavy (non-hydrogen) atoms. The molecule has 94 valence electrons. The van der Waals surface area contributed by atoms with Gasteiger partial charge in [0.15, 0.2) is 11.3 Å². The number of nitrogens with one attached hydrogen (secondary N) is 1. The van der Waals surface area contributed by atoms with Gasteiger partial charge in [-0.3, -0.25) is 0 Å². The summed E-state index contributed by atoms with van der Waals surface area (Å²) in [5, 5.41) is 17.4. The molecule has 3 heterocycles. The predicted octanol–water partition coefficient (Wildman–Crippen LogP) is 0.992. The van der Waals surface area contributed by atoms with Crippen LogP contribution in [-0.2, 0) is 0 Å². The highest BCUT2D eigenvalue weighted by molar-refractivity contribution is 7.99. The molecule has 0 amide bonds. The number of aromatic amines is 1. The molecule has 9 heteroatoms. The zero-order chi connectivity index (χ0) is 13.2. The van der Waals surface area contributed by atoms with Crippen LogP contribution in [0.15, 0.2) is 34.8 Å². The maximum Gasteiger partial charge on any atom is 0.356 e. The summed E-state index contributed by atoms with van der Waals surface area (Å²) in [7, 11) is 0. The minimum absolute atomic E-state index is 0.0984. The Labute approximate surface area is 110 Å². The fraction of sp³-hybridized carbons (Fsp3) is 0. The molecule has 0 radical (unpaired) electrons. The Kier molecular flexibility index (Phi) is 2.80. The number of carbonyl (C=O) groups is 1. The van der Waals surface area contributed by atoms with Gasteiger partial charge in [-0.25, -0.2) is 19.7 Å². The summed E-state index contributed by atoms with van der Waals surface area (Å²) in [6.07, 6.45) is 2.94. The quantitative estimate of drug-likeness (QED) is 0.679. The molecule has 0 atom stereocenters. The Morgan fingerprint density at radius 3 is 2.84 bits per heavy atom. The van der Waals surface area contributed by atoms with Crippen molar-refractivity contribution in [2.75, 3.05) is 0 Å². The first-order valence-corrected chi connectivity index (χ1v) is 5.94. The first-order chi connectivity index (χ1) is 9.24. The number of nitrogens with zero attached hydrogens (tertiary/aromatic N) is 5. The van der Waals surface area contributed by atoms with E-state index in [0.717, 1.165) is 0 Å². The van der Waals surface area contributed by atoms with Crippen molar-refractivity contribution in [2.24, 2.45) is 0 Å². The molecule has 0 aliphatic rings. The lowest BCUT2D eigenvalue weighted by Crippen LogP contribution is -2.01. The maximum atomic E-state index is 10.7. The van der Waals surface area contributed by atoms with Crippen LogP contribution in [0.25, 0.3) is 11.2 Å². The van der Waals surface area contributed by atoms with E-state index in [1.165, 1.54) is 30.5 Å². The Bertz CT molecular complexity index is 741. The monoisotopic (exact) mass is 274 g/mol. The van der Waals surface area contributed by atoms with Crippen LogP contribution in [0.1, 0.15) is 10.5 Å². The molecule has 0 aliphatic carbocycles. The lowest BCUT2D eigenvalue weighted by molar-refractivity contribution is 0.0689. The van der Waals surface area contributed by atoms with Crippen LogP contribution >= 0.6 is 11.8 Å². The molecule has 0 saturated heterocycles. The summed E-state index contributed by atoms with van der Waals surface area (Å²) in [4.78, 5) is 25.8. The summed E-state index contributed by atoms with van der Waals surface area (Å²) >= 11 is 1.25. The molecule has 3 aromatic heterocycles. The molecule has 0 aliphatic heterocycles. The highest BCUT2D eigenvalue weighted by atomic mass is 32.2.